The molecule has 2 N–H and O–H groups in total. The van der Waals surface area contributed by atoms with Crippen LogP contribution in [0.3, 0.4) is 0 Å². The van der Waals surface area contributed by atoms with Gasteiger partial charge in [0, 0.05) is 19.2 Å². The Morgan fingerprint density at radius 1 is 1.53 bits per heavy atom. The molecule has 0 amide bonds. The molecule has 1 saturated carbocycles. The van der Waals surface area contributed by atoms with Gasteiger partial charge in [-0.15, -0.1) is 0 Å². The summed E-state index contributed by atoms with van der Waals surface area (Å²) in [5, 5.41) is 13.6. The first kappa shape index (κ1) is 12.3. The topological polar surface area (TPSA) is 101 Å². The van der Waals surface area contributed by atoms with Gasteiger partial charge in [-0.2, -0.15) is 0 Å². The van der Waals surface area contributed by atoms with Crippen LogP contribution in [0.15, 0.2) is 10.3 Å². The average Bonchev–Trinajstić information content (AvgIpc) is 2.93. The first-order valence-electron chi connectivity index (χ1n) is 4.92. The van der Waals surface area contributed by atoms with Gasteiger partial charge in [0.15, 0.2) is 5.00 Å². The number of hydrogen-bond acceptors (Lipinski definition) is 6. The highest BCUT2D eigenvalue weighted by Crippen LogP contribution is 2.37. The minimum absolute atomic E-state index is 0.0146. The fourth-order valence-corrected chi connectivity index (χ4v) is 3.89. The largest absolute Gasteiger partial charge is 0.374 e. The van der Waals surface area contributed by atoms with E-state index in [9.17, 15) is 18.5 Å². The van der Waals surface area contributed by atoms with Crippen LogP contribution in [0.2, 0.25) is 0 Å². The van der Waals surface area contributed by atoms with Crippen LogP contribution in [0.4, 0.5) is 10.7 Å². The van der Waals surface area contributed by atoms with Crippen LogP contribution in [0.1, 0.15) is 12.8 Å². The van der Waals surface area contributed by atoms with Crippen LogP contribution in [0.5, 0.6) is 0 Å². The summed E-state index contributed by atoms with van der Waals surface area (Å²) in [6.07, 6.45) is 1.65. The minimum atomic E-state index is -3.62. The fraction of sp³-hybridized carbons (Fsp3) is 0.500. The van der Waals surface area contributed by atoms with Crippen LogP contribution >= 0.6 is 11.3 Å². The molecule has 1 aliphatic carbocycles. The molecular formula is C8H11N3O4S2. The highest BCUT2D eigenvalue weighted by Gasteiger charge is 2.31. The summed E-state index contributed by atoms with van der Waals surface area (Å²) >= 11 is 0.861. The normalized spacial score (nSPS) is 15.8. The molecule has 94 valence electrons. The monoisotopic (exact) mass is 277 g/mol. The van der Waals surface area contributed by atoms with Gasteiger partial charge in [-0.25, -0.2) is 13.1 Å². The van der Waals surface area contributed by atoms with Gasteiger partial charge in [0.05, 0.1) is 4.92 Å². The molecular weight excluding hydrogens is 266 g/mol. The Kier molecular flexibility index (Phi) is 3.06. The maximum absolute atomic E-state index is 11.8. The molecule has 0 saturated heterocycles. The molecule has 0 atom stereocenters. The van der Waals surface area contributed by atoms with E-state index < -0.39 is 14.9 Å². The standard InChI is InChI=1S/C8H11N3O4S2/c1-9-8-6(11(12)13)4-7(16-8)17(14,15)10-5-2-3-5/h4-5,9-10H,2-3H2,1H3. The van der Waals surface area contributed by atoms with Gasteiger partial charge in [0.1, 0.15) is 4.21 Å². The van der Waals surface area contributed by atoms with Crippen LogP contribution < -0.4 is 10.0 Å². The maximum atomic E-state index is 11.8. The zero-order chi connectivity index (χ0) is 12.6. The number of thiophene rings is 1. The van der Waals surface area contributed by atoms with Crippen molar-refractivity contribution >= 4 is 32.0 Å². The number of nitrogens with zero attached hydrogens (tertiary/aromatic N) is 1. The van der Waals surface area contributed by atoms with Gasteiger partial charge in [0.25, 0.3) is 10.0 Å². The van der Waals surface area contributed by atoms with Crippen LogP contribution in [0, 0.1) is 10.1 Å². The van der Waals surface area contributed by atoms with Crippen LogP contribution in [0.25, 0.3) is 0 Å². The lowest BCUT2D eigenvalue weighted by Crippen LogP contribution is -2.24. The molecule has 1 heterocycles. The van der Waals surface area contributed by atoms with Gasteiger partial charge in [-0.3, -0.25) is 10.1 Å². The number of nitro groups is 1. The summed E-state index contributed by atoms with van der Waals surface area (Å²) in [6, 6.07) is 1.07. The molecule has 0 bridgehead atoms. The van der Waals surface area contributed by atoms with Crippen molar-refractivity contribution in [2.45, 2.75) is 23.1 Å². The van der Waals surface area contributed by atoms with Crippen molar-refractivity contribution in [1.29, 1.82) is 0 Å². The highest BCUT2D eigenvalue weighted by atomic mass is 32.2. The molecule has 0 aliphatic heterocycles. The molecule has 0 radical (unpaired) electrons. The van der Waals surface area contributed by atoms with Gasteiger partial charge in [0.2, 0.25) is 0 Å². The second-order valence-corrected chi connectivity index (χ2v) is 6.68. The highest BCUT2D eigenvalue weighted by molar-refractivity contribution is 7.91. The van der Waals surface area contributed by atoms with Crippen molar-refractivity contribution in [3.05, 3.63) is 16.2 Å². The number of rotatable bonds is 5. The quantitative estimate of drug-likeness (QED) is 0.620. The third kappa shape index (κ3) is 2.56. The first-order chi connectivity index (χ1) is 7.94. The Bertz CT molecular complexity index is 547. The van der Waals surface area contributed by atoms with E-state index in [1.165, 1.54) is 7.05 Å². The van der Waals surface area contributed by atoms with Crippen LogP contribution in [-0.2, 0) is 10.0 Å². The van der Waals surface area contributed by atoms with E-state index in [2.05, 4.69) is 10.0 Å². The first-order valence-corrected chi connectivity index (χ1v) is 7.22. The molecule has 7 nitrogen and oxygen atoms in total. The third-order valence-corrected chi connectivity index (χ3v) is 5.41. The lowest BCUT2D eigenvalue weighted by Gasteiger charge is -2.00. The summed E-state index contributed by atoms with van der Waals surface area (Å²) in [5.74, 6) is 0. The minimum Gasteiger partial charge on any atom is -0.374 e. The number of anilines is 1. The van der Waals surface area contributed by atoms with E-state index >= 15 is 0 Å². The van der Waals surface area contributed by atoms with E-state index in [4.69, 9.17) is 0 Å². The smallest absolute Gasteiger partial charge is 0.304 e. The molecule has 9 heteroatoms. The lowest BCUT2D eigenvalue weighted by atomic mass is 10.5. The number of nitrogens with one attached hydrogen (secondary N) is 2. The van der Waals surface area contributed by atoms with E-state index in [1.54, 1.807) is 0 Å². The Hall–Kier alpha value is -1.19. The van der Waals surface area contributed by atoms with Crippen molar-refractivity contribution in [1.82, 2.24) is 4.72 Å². The summed E-state index contributed by atoms with van der Waals surface area (Å²) in [6.45, 7) is 0. The van der Waals surface area contributed by atoms with Gasteiger partial charge >= 0.3 is 5.69 Å². The molecule has 1 aromatic rings. The van der Waals surface area contributed by atoms with Crippen molar-refractivity contribution in [2.75, 3.05) is 12.4 Å². The molecule has 1 aliphatic rings. The Morgan fingerprint density at radius 2 is 2.18 bits per heavy atom. The molecule has 0 aromatic carbocycles. The molecule has 1 aromatic heterocycles. The molecule has 2 rings (SSSR count). The molecule has 1 fully saturated rings. The Balaban J connectivity index is 2.35. The molecule has 0 unspecified atom stereocenters. The second kappa shape index (κ2) is 4.24. The zero-order valence-corrected chi connectivity index (χ0v) is 10.6. The van der Waals surface area contributed by atoms with Crippen molar-refractivity contribution in [2.24, 2.45) is 0 Å². The fourth-order valence-electron chi connectivity index (χ4n) is 1.29. The number of sulfonamides is 1. The van der Waals surface area contributed by atoms with E-state index in [-0.39, 0.29) is 20.9 Å². The maximum Gasteiger partial charge on any atom is 0.304 e. The molecule has 0 spiro atoms. The summed E-state index contributed by atoms with van der Waals surface area (Å²) < 4.78 is 26.1. The van der Waals surface area contributed by atoms with Gasteiger partial charge < -0.3 is 5.32 Å². The van der Waals surface area contributed by atoms with Gasteiger partial charge in [-0.1, -0.05) is 11.3 Å². The summed E-state index contributed by atoms with van der Waals surface area (Å²) in [7, 11) is -2.10. The van der Waals surface area contributed by atoms with E-state index in [0.717, 1.165) is 30.2 Å². The van der Waals surface area contributed by atoms with Crippen molar-refractivity contribution < 1.29 is 13.3 Å². The SMILES string of the molecule is CNc1sc(S(=O)(=O)NC2CC2)cc1[N+](=O)[O-]. The summed E-state index contributed by atoms with van der Waals surface area (Å²) in [5.41, 5.74) is -0.214. The van der Waals surface area contributed by atoms with Crippen molar-refractivity contribution in [3.63, 3.8) is 0 Å². The van der Waals surface area contributed by atoms with Crippen LogP contribution in [-0.4, -0.2) is 26.4 Å². The Morgan fingerprint density at radius 3 is 2.59 bits per heavy atom. The van der Waals surface area contributed by atoms with Gasteiger partial charge in [-0.05, 0) is 12.8 Å². The third-order valence-electron chi connectivity index (χ3n) is 2.28. The molecule has 17 heavy (non-hydrogen) atoms. The van der Waals surface area contributed by atoms with E-state index in [1.807, 2.05) is 0 Å². The lowest BCUT2D eigenvalue weighted by molar-refractivity contribution is -0.383. The average molecular weight is 277 g/mol. The van der Waals surface area contributed by atoms with Crippen molar-refractivity contribution in [3.8, 4) is 0 Å². The second-order valence-electron chi connectivity index (χ2n) is 3.68. The Labute approximate surface area is 102 Å². The predicted molar refractivity (Wildman–Crippen MR) is 63.9 cm³/mol. The predicted octanol–water partition coefficient (Wildman–Crippen LogP) is 1.14. The zero-order valence-electron chi connectivity index (χ0n) is 8.97. The van der Waals surface area contributed by atoms with E-state index in [0.29, 0.717) is 0 Å². The number of hydrogen-bond donors (Lipinski definition) is 2. The summed E-state index contributed by atoms with van der Waals surface area (Å²) in [4.78, 5) is 10.1.